The maximum Gasteiger partial charge on any atom is 0.230 e. The van der Waals surface area contributed by atoms with Gasteiger partial charge in [-0.15, -0.1) is 0 Å². The third-order valence-corrected chi connectivity index (χ3v) is 6.35. The minimum absolute atomic E-state index is 0.0359. The molecule has 5 nitrogen and oxygen atoms in total. The zero-order valence-electron chi connectivity index (χ0n) is 15.2. The fourth-order valence-corrected chi connectivity index (χ4v) is 4.97. The molecule has 1 aromatic heterocycles. The fourth-order valence-electron chi connectivity index (χ4n) is 3.90. The molecule has 0 spiro atoms. The van der Waals surface area contributed by atoms with E-state index in [0.717, 1.165) is 56.1 Å². The predicted molar refractivity (Wildman–Crippen MR) is 105 cm³/mol. The van der Waals surface area contributed by atoms with Crippen LogP contribution in [0.1, 0.15) is 24.1 Å². The quantitative estimate of drug-likeness (QED) is 0.877. The Morgan fingerprint density at radius 1 is 1.38 bits per heavy atom. The number of amides is 1. The molecule has 1 aliphatic carbocycles. The van der Waals surface area contributed by atoms with Crippen molar-refractivity contribution >= 4 is 22.4 Å². The minimum atomic E-state index is 0.0359. The van der Waals surface area contributed by atoms with Gasteiger partial charge >= 0.3 is 0 Å². The Balaban J connectivity index is 1.44. The lowest BCUT2D eigenvalue weighted by molar-refractivity contribution is -0.121. The number of rotatable bonds is 5. The lowest BCUT2D eigenvalue weighted by Crippen LogP contribution is -2.41. The number of nitrogens with one attached hydrogen (secondary N) is 1. The Morgan fingerprint density at radius 2 is 2.27 bits per heavy atom. The largest absolute Gasteiger partial charge is 0.383 e. The van der Waals surface area contributed by atoms with E-state index >= 15 is 0 Å². The SMILES string of the molecule is COCCN1CCCC(C(=O)Nc2nc3c(s2)-c2ccccc2CC3)C1. The molecule has 2 aliphatic rings. The number of aryl methyl sites for hydroxylation is 2. The molecular weight excluding hydrogens is 346 g/mol. The highest BCUT2D eigenvalue weighted by Gasteiger charge is 2.27. The van der Waals surface area contributed by atoms with Crippen LogP contribution in [0.4, 0.5) is 5.13 Å². The van der Waals surface area contributed by atoms with Crippen LogP contribution in [0.3, 0.4) is 0 Å². The number of benzene rings is 1. The summed E-state index contributed by atoms with van der Waals surface area (Å²) >= 11 is 1.61. The monoisotopic (exact) mass is 371 g/mol. The smallest absolute Gasteiger partial charge is 0.230 e. The molecular formula is C20H25N3O2S. The van der Waals surface area contributed by atoms with Crippen molar-refractivity contribution in [3.8, 4) is 10.4 Å². The molecule has 1 aromatic carbocycles. The van der Waals surface area contributed by atoms with Crippen molar-refractivity contribution in [3.63, 3.8) is 0 Å². The number of hydrogen-bond acceptors (Lipinski definition) is 5. The van der Waals surface area contributed by atoms with Crippen LogP contribution in [0.2, 0.25) is 0 Å². The van der Waals surface area contributed by atoms with Gasteiger partial charge in [-0.05, 0) is 43.4 Å². The molecule has 6 heteroatoms. The molecule has 1 aliphatic heterocycles. The van der Waals surface area contributed by atoms with Crippen LogP contribution in [-0.2, 0) is 22.4 Å². The van der Waals surface area contributed by atoms with Crippen LogP contribution >= 0.6 is 11.3 Å². The number of nitrogens with zero attached hydrogens (tertiary/aromatic N) is 2. The number of anilines is 1. The maximum atomic E-state index is 12.7. The first-order valence-electron chi connectivity index (χ1n) is 9.34. The molecule has 0 bridgehead atoms. The van der Waals surface area contributed by atoms with E-state index in [2.05, 4.69) is 34.5 Å². The first-order chi connectivity index (χ1) is 12.7. The van der Waals surface area contributed by atoms with E-state index in [4.69, 9.17) is 9.72 Å². The van der Waals surface area contributed by atoms with E-state index in [9.17, 15) is 4.79 Å². The van der Waals surface area contributed by atoms with Gasteiger partial charge in [-0.3, -0.25) is 4.79 Å². The first-order valence-corrected chi connectivity index (χ1v) is 10.2. The molecule has 2 aromatic rings. The highest BCUT2D eigenvalue weighted by atomic mass is 32.1. The van der Waals surface area contributed by atoms with Crippen LogP contribution < -0.4 is 5.32 Å². The standard InChI is InChI=1S/C20H25N3O2S/c1-25-12-11-23-10-4-6-15(13-23)19(24)22-20-21-17-9-8-14-5-2-3-7-16(14)18(17)26-20/h2-3,5,7,15H,4,6,8-13H2,1H3,(H,21,22,24). The van der Waals surface area contributed by atoms with Crippen molar-refractivity contribution in [1.82, 2.24) is 9.88 Å². The summed E-state index contributed by atoms with van der Waals surface area (Å²) in [4.78, 5) is 21.0. The van der Waals surface area contributed by atoms with Gasteiger partial charge in [0.05, 0.1) is 23.1 Å². The summed E-state index contributed by atoms with van der Waals surface area (Å²) < 4.78 is 5.16. The van der Waals surface area contributed by atoms with Gasteiger partial charge in [0.15, 0.2) is 5.13 Å². The summed E-state index contributed by atoms with van der Waals surface area (Å²) in [5.41, 5.74) is 3.77. The number of piperidine rings is 1. The molecule has 2 heterocycles. The van der Waals surface area contributed by atoms with Crippen molar-refractivity contribution in [2.45, 2.75) is 25.7 Å². The summed E-state index contributed by atoms with van der Waals surface area (Å²) in [5, 5.41) is 3.83. The zero-order chi connectivity index (χ0) is 17.9. The second kappa shape index (κ2) is 7.86. The number of methoxy groups -OCH3 is 1. The van der Waals surface area contributed by atoms with Gasteiger partial charge < -0.3 is 15.0 Å². The number of carbonyl (C=O) groups is 1. The summed E-state index contributed by atoms with van der Waals surface area (Å²) in [6.45, 7) is 3.47. The normalized spacial score (nSPS) is 19.7. The number of carbonyl (C=O) groups excluding carboxylic acids is 1. The minimum Gasteiger partial charge on any atom is -0.383 e. The second-order valence-corrected chi connectivity index (χ2v) is 8.07. The lowest BCUT2D eigenvalue weighted by atomic mass is 9.94. The van der Waals surface area contributed by atoms with Crippen LogP contribution in [0, 0.1) is 5.92 Å². The van der Waals surface area contributed by atoms with Crippen molar-refractivity contribution in [3.05, 3.63) is 35.5 Å². The predicted octanol–water partition coefficient (Wildman–Crippen LogP) is 3.21. The molecule has 1 fully saturated rings. The average molecular weight is 372 g/mol. The summed E-state index contributed by atoms with van der Waals surface area (Å²) in [7, 11) is 1.72. The summed E-state index contributed by atoms with van der Waals surface area (Å²) in [6, 6.07) is 8.51. The number of hydrogen-bond donors (Lipinski definition) is 1. The fraction of sp³-hybridized carbons (Fsp3) is 0.500. The molecule has 138 valence electrons. The van der Waals surface area contributed by atoms with Crippen LogP contribution in [0.5, 0.6) is 0 Å². The van der Waals surface area contributed by atoms with Gasteiger partial charge in [-0.25, -0.2) is 4.98 Å². The molecule has 1 amide bonds. The topological polar surface area (TPSA) is 54.5 Å². The van der Waals surface area contributed by atoms with E-state index in [-0.39, 0.29) is 11.8 Å². The Labute approximate surface area is 158 Å². The van der Waals surface area contributed by atoms with Crippen LogP contribution in [0.15, 0.2) is 24.3 Å². The van der Waals surface area contributed by atoms with E-state index in [0.29, 0.717) is 6.61 Å². The third kappa shape index (κ3) is 3.68. The van der Waals surface area contributed by atoms with Gasteiger partial charge in [0.1, 0.15) is 0 Å². The Morgan fingerprint density at radius 3 is 3.15 bits per heavy atom. The molecule has 1 atom stereocenters. The van der Waals surface area contributed by atoms with E-state index in [1.165, 1.54) is 16.0 Å². The lowest BCUT2D eigenvalue weighted by Gasteiger charge is -2.31. The molecule has 1 N–H and O–H groups in total. The van der Waals surface area contributed by atoms with Gasteiger partial charge in [0.2, 0.25) is 5.91 Å². The van der Waals surface area contributed by atoms with Crippen LogP contribution in [-0.4, -0.2) is 49.1 Å². The van der Waals surface area contributed by atoms with Crippen LogP contribution in [0.25, 0.3) is 10.4 Å². The molecule has 0 saturated carbocycles. The van der Waals surface area contributed by atoms with E-state index in [1.54, 1.807) is 18.4 Å². The molecule has 1 saturated heterocycles. The van der Waals surface area contributed by atoms with Gasteiger partial charge in [-0.1, -0.05) is 35.6 Å². The van der Waals surface area contributed by atoms with Gasteiger partial charge in [0.25, 0.3) is 0 Å². The van der Waals surface area contributed by atoms with Crippen molar-refractivity contribution < 1.29 is 9.53 Å². The first kappa shape index (κ1) is 17.6. The van der Waals surface area contributed by atoms with Gasteiger partial charge in [0, 0.05) is 20.2 Å². The Bertz CT molecular complexity index is 789. The van der Waals surface area contributed by atoms with E-state index < -0.39 is 0 Å². The van der Waals surface area contributed by atoms with Gasteiger partial charge in [-0.2, -0.15) is 0 Å². The van der Waals surface area contributed by atoms with E-state index in [1.807, 2.05) is 0 Å². The number of fused-ring (bicyclic) bond motifs is 3. The van der Waals surface area contributed by atoms with Crippen molar-refractivity contribution in [1.29, 1.82) is 0 Å². The zero-order valence-corrected chi connectivity index (χ0v) is 16.0. The number of likely N-dealkylation sites (tertiary alicyclic amines) is 1. The highest BCUT2D eigenvalue weighted by Crippen LogP contribution is 2.39. The third-order valence-electron chi connectivity index (χ3n) is 5.31. The summed E-state index contributed by atoms with van der Waals surface area (Å²) in [5.74, 6) is 0.139. The molecule has 4 rings (SSSR count). The molecule has 0 radical (unpaired) electrons. The maximum absolute atomic E-state index is 12.7. The number of ether oxygens (including phenoxy) is 1. The molecule has 1 unspecified atom stereocenters. The summed E-state index contributed by atoms with van der Waals surface area (Å²) in [6.07, 6.45) is 3.98. The van der Waals surface area contributed by atoms with Crippen molar-refractivity contribution in [2.24, 2.45) is 5.92 Å². The number of thiazole rings is 1. The highest BCUT2D eigenvalue weighted by molar-refractivity contribution is 7.19. The number of aromatic nitrogens is 1. The molecule has 26 heavy (non-hydrogen) atoms. The second-order valence-electron chi connectivity index (χ2n) is 7.07. The Kier molecular flexibility index (Phi) is 5.33. The Hall–Kier alpha value is -1.76. The van der Waals surface area contributed by atoms with Crippen molar-refractivity contribution in [2.75, 3.05) is 38.7 Å². The average Bonchev–Trinajstić information content (AvgIpc) is 3.09.